The van der Waals surface area contributed by atoms with Gasteiger partial charge in [-0.2, -0.15) is 9.49 Å². The van der Waals surface area contributed by atoms with E-state index in [1.807, 2.05) is 30.0 Å². The van der Waals surface area contributed by atoms with Crippen LogP contribution in [0.2, 0.25) is 0 Å². The first kappa shape index (κ1) is 18.9. The molecule has 0 aromatic carbocycles. The molecule has 156 valence electrons. The molecule has 1 aliphatic heterocycles. The highest BCUT2D eigenvalue weighted by Crippen LogP contribution is 2.37. The lowest BCUT2D eigenvalue weighted by molar-refractivity contribution is 0.503. The number of anilines is 1. The van der Waals surface area contributed by atoms with E-state index in [9.17, 15) is 4.39 Å². The van der Waals surface area contributed by atoms with E-state index in [0.29, 0.717) is 18.1 Å². The Balaban J connectivity index is 1.57. The topological polar surface area (TPSA) is 102 Å². The third-order valence-corrected chi connectivity index (χ3v) is 5.13. The highest BCUT2D eigenvalue weighted by Gasteiger charge is 2.36. The van der Waals surface area contributed by atoms with Gasteiger partial charge in [-0.25, -0.2) is 14.6 Å². The zero-order chi connectivity index (χ0) is 21.4. The van der Waals surface area contributed by atoms with E-state index in [1.165, 1.54) is 12.3 Å². The number of nitrogens with zero attached hydrogens (tertiary/aromatic N) is 7. The molecule has 0 saturated heterocycles. The maximum atomic E-state index is 13.1. The van der Waals surface area contributed by atoms with Crippen LogP contribution in [0.5, 0.6) is 0 Å². The number of H-pyrrole nitrogens is 1. The number of nitrogens with one attached hydrogen (secondary N) is 1. The Morgan fingerprint density at radius 2 is 2.19 bits per heavy atom. The van der Waals surface area contributed by atoms with Crippen molar-refractivity contribution in [3.05, 3.63) is 72.1 Å². The number of aromatic amines is 1. The summed E-state index contributed by atoms with van der Waals surface area (Å²) in [6.07, 6.45) is 9.35. The third kappa shape index (κ3) is 3.31. The van der Waals surface area contributed by atoms with Gasteiger partial charge >= 0.3 is 6.01 Å². The first-order chi connectivity index (χ1) is 15.2. The SMILES string of the molecule is C=Cn1nc(C2c3nc[nH]c3CCN2c2nnc(-c3ccc(F)nc3)o2)cc1/C=C\C. The number of rotatable bonds is 5. The summed E-state index contributed by atoms with van der Waals surface area (Å²) in [5.41, 5.74) is 4.13. The van der Waals surface area contributed by atoms with Gasteiger partial charge in [0.05, 0.1) is 29.0 Å². The molecular weight excluding hydrogens is 399 g/mol. The normalized spacial score (nSPS) is 16.1. The van der Waals surface area contributed by atoms with Crippen LogP contribution in [0.1, 0.15) is 35.7 Å². The summed E-state index contributed by atoms with van der Waals surface area (Å²) in [4.78, 5) is 13.4. The van der Waals surface area contributed by atoms with Gasteiger partial charge in [-0.1, -0.05) is 17.8 Å². The zero-order valence-electron chi connectivity index (χ0n) is 16.7. The monoisotopic (exact) mass is 418 g/mol. The zero-order valence-corrected chi connectivity index (χ0v) is 16.7. The second kappa shape index (κ2) is 7.63. The lowest BCUT2D eigenvalue weighted by atomic mass is 10.0. The van der Waals surface area contributed by atoms with Crippen molar-refractivity contribution in [3.63, 3.8) is 0 Å². The van der Waals surface area contributed by atoms with Gasteiger partial charge in [0.15, 0.2) is 0 Å². The Bertz CT molecular complexity index is 1250. The fourth-order valence-electron chi connectivity index (χ4n) is 3.74. The molecule has 31 heavy (non-hydrogen) atoms. The van der Waals surface area contributed by atoms with E-state index >= 15 is 0 Å². The Labute approximate surface area is 177 Å². The predicted molar refractivity (Wildman–Crippen MR) is 112 cm³/mol. The van der Waals surface area contributed by atoms with E-state index < -0.39 is 5.95 Å². The Morgan fingerprint density at radius 1 is 1.29 bits per heavy atom. The van der Waals surface area contributed by atoms with Crippen LogP contribution in [0.4, 0.5) is 10.4 Å². The standard InChI is InChI=1S/C21H19FN8O/c1-3-5-14-10-16(28-30(14)4-2)19-18-15(24-12-25-18)8-9-29(19)21-27-26-20(31-21)13-6-7-17(22)23-11-13/h3-7,10-12,19H,2,8-9H2,1H3,(H,24,25)/b5-3-. The van der Waals surface area contributed by atoms with Gasteiger partial charge in [-0.05, 0) is 31.2 Å². The molecule has 10 heteroatoms. The summed E-state index contributed by atoms with van der Waals surface area (Å²) in [5, 5.41) is 13.1. The lowest BCUT2D eigenvalue weighted by Gasteiger charge is -2.32. The lowest BCUT2D eigenvalue weighted by Crippen LogP contribution is -2.37. The smallest absolute Gasteiger partial charge is 0.319 e. The first-order valence-electron chi connectivity index (χ1n) is 9.77. The van der Waals surface area contributed by atoms with Crippen molar-refractivity contribution in [2.75, 3.05) is 11.4 Å². The molecule has 0 bridgehead atoms. The second-order valence-corrected chi connectivity index (χ2v) is 6.99. The molecule has 1 unspecified atom stereocenters. The number of fused-ring (bicyclic) bond motifs is 1. The van der Waals surface area contributed by atoms with Gasteiger partial charge in [-0.15, -0.1) is 5.10 Å². The Morgan fingerprint density at radius 3 is 2.97 bits per heavy atom. The van der Waals surface area contributed by atoms with Crippen molar-refractivity contribution in [2.24, 2.45) is 0 Å². The van der Waals surface area contributed by atoms with E-state index in [1.54, 1.807) is 23.3 Å². The number of hydrogen-bond donors (Lipinski definition) is 1. The first-order valence-corrected chi connectivity index (χ1v) is 9.77. The van der Waals surface area contributed by atoms with E-state index in [0.717, 1.165) is 29.2 Å². The molecule has 0 aliphatic carbocycles. The summed E-state index contributed by atoms with van der Waals surface area (Å²) < 4.78 is 20.8. The fourth-order valence-corrected chi connectivity index (χ4v) is 3.74. The van der Waals surface area contributed by atoms with Crippen molar-refractivity contribution in [1.82, 2.24) is 34.9 Å². The van der Waals surface area contributed by atoms with Crippen LogP contribution in [0, 0.1) is 5.95 Å². The van der Waals surface area contributed by atoms with E-state index in [-0.39, 0.29) is 11.9 Å². The Kier molecular flexibility index (Phi) is 4.66. The Hall–Kier alpha value is -4.08. The van der Waals surface area contributed by atoms with Crippen molar-refractivity contribution >= 4 is 18.3 Å². The quantitative estimate of drug-likeness (QED) is 0.495. The summed E-state index contributed by atoms with van der Waals surface area (Å²) in [7, 11) is 0. The largest absolute Gasteiger partial charge is 0.403 e. The van der Waals surface area contributed by atoms with Crippen LogP contribution in [0.25, 0.3) is 23.7 Å². The number of imidazole rings is 1. The third-order valence-electron chi connectivity index (χ3n) is 5.13. The highest BCUT2D eigenvalue weighted by atomic mass is 19.1. The van der Waals surface area contributed by atoms with Crippen LogP contribution in [0.3, 0.4) is 0 Å². The van der Waals surface area contributed by atoms with Crippen LogP contribution in [-0.2, 0) is 6.42 Å². The van der Waals surface area contributed by atoms with Crippen molar-refractivity contribution in [1.29, 1.82) is 0 Å². The van der Waals surface area contributed by atoms with Gasteiger partial charge in [-0.3, -0.25) is 0 Å². The summed E-state index contributed by atoms with van der Waals surface area (Å²) in [5.74, 6) is -0.305. The van der Waals surface area contributed by atoms with Crippen LogP contribution < -0.4 is 4.90 Å². The summed E-state index contributed by atoms with van der Waals surface area (Å²) in [6.45, 7) is 6.42. The molecule has 0 fully saturated rings. The molecule has 1 N–H and O–H groups in total. The second-order valence-electron chi connectivity index (χ2n) is 6.99. The molecule has 5 rings (SSSR count). The van der Waals surface area contributed by atoms with Gasteiger partial charge in [0.25, 0.3) is 5.89 Å². The maximum absolute atomic E-state index is 13.1. The molecule has 5 heterocycles. The minimum absolute atomic E-state index is 0.264. The molecule has 0 spiro atoms. The van der Waals surface area contributed by atoms with E-state index in [4.69, 9.17) is 9.52 Å². The molecule has 1 aliphatic rings. The van der Waals surface area contributed by atoms with Crippen LogP contribution >= 0.6 is 0 Å². The van der Waals surface area contributed by atoms with Crippen LogP contribution in [-0.4, -0.2) is 41.5 Å². The highest BCUT2D eigenvalue weighted by molar-refractivity contribution is 5.54. The molecule has 4 aromatic heterocycles. The van der Waals surface area contributed by atoms with Gasteiger partial charge < -0.3 is 14.3 Å². The summed E-state index contributed by atoms with van der Waals surface area (Å²) >= 11 is 0. The molecule has 0 saturated carbocycles. The average molecular weight is 418 g/mol. The summed E-state index contributed by atoms with van der Waals surface area (Å²) in [6, 6.07) is 4.81. The van der Waals surface area contributed by atoms with Crippen molar-refractivity contribution < 1.29 is 8.81 Å². The van der Waals surface area contributed by atoms with E-state index in [2.05, 4.69) is 31.7 Å². The number of allylic oxidation sites excluding steroid dienone is 1. The maximum Gasteiger partial charge on any atom is 0.319 e. The molecule has 9 nitrogen and oxygen atoms in total. The number of hydrogen-bond acceptors (Lipinski definition) is 7. The number of pyridine rings is 1. The van der Waals surface area contributed by atoms with Gasteiger partial charge in [0.2, 0.25) is 5.95 Å². The fraction of sp³-hybridized carbons (Fsp3) is 0.190. The van der Waals surface area contributed by atoms with Crippen molar-refractivity contribution in [3.8, 4) is 11.5 Å². The predicted octanol–water partition coefficient (Wildman–Crippen LogP) is 3.48. The van der Waals surface area contributed by atoms with Crippen LogP contribution in [0.15, 0.2) is 47.8 Å². The molecular formula is C21H19FN8O. The minimum Gasteiger partial charge on any atom is -0.403 e. The molecule has 0 radical (unpaired) electrons. The number of aromatic nitrogens is 7. The van der Waals surface area contributed by atoms with Gasteiger partial charge in [0, 0.05) is 31.1 Å². The number of halogens is 1. The molecule has 4 aromatic rings. The minimum atomic E-state index is -0.569. The average Bonchev–Trinajstić information content (AvgIpc) is 3.53. The molecule has 0 amide bonds. The van der Waals surface area contributed by atoms with Gasteiger partial charge in [0.1, 0.15) is 6.04 Å². The van der Waals surface area contributed by atoms with Crippen molar-refractivity contribution in [2.45, 2.75) is 19.4 Å². The molecule has 1 atom stereocenters.